The Morgan fingerprint density at radius 2 is 1.76 bits per heavy atom. The van der Waals surface area contributed by atoms with Crippen molar-refractivity contribution in [1.29, 1.82) is 0 Å². The highest BCUT2D eigenvalue weighted by Crippen LogP contribution is 2.37. The van der Waals surface area contributed by atoms with Crippen LogP contribution < -0.4 is 9.47 Å². The lowest BCUT2D eigenvalue weighted by Crippen LogP contribution is -2.36. The average molecular weight is 458 g/mol. The van der Waals surface area contributed by atoms with Crippen LogP contribution in [-0.4, -0.2) is 49.3 Å². The molecule has 0 aliphatic carbocycles. The van der Waals surface area contributed by atoms with Crippen molar-refractivity contribution >= 4 is 11.6 Å². The standard InChI is InChI=1S/C28H31N3O3/c1-20-10-8-9-13-23(20)26-17-25(24-15-14-22(33-3)16-27(24)34-4)29-31(26)28(32)19-30(2)18-21-11-6-5-7-12-21/h5-16,26H,17-19H2,1-4H3. The zero-order chi connectivity index (χ0) is 24.1. The molecule has 176 valence electrons. The number of benzene rings is 3. The number of aryl methyl sites for hydroxylation is 1. The third kappa shape index (κ3) is 5.13. The molecule has 1 aliphatic rings. The number of amides is 1. The van der Waals surface area contributed by atoms with E-state index in [-0.39, 0.29) is 18.5 Å². The minimum atomic E-state index is -0.166. The van der Waals surface area contributed by atoms with Crippen LogP contribution in [0.15, 0.2) is 77.9 Å². The number of hydrogen-bond acceptors (Lipinski definition) is 5. The molecule has 0 spiro atoms. The van der Waals surface area contributed by atoms with Gasteiger partial charge in [-0.25, -0.2) is 5.01 Å². The van der Waals surface area contributed by atoms with Gasteiger partial charge in [0.05, 0.1) is 32.5 Å². The highest BCUT2D eigenvalue weighted by atomic mass is 16.5. The molecular weight excluding hydrogens is 426 g/mol. The fraction of sp³-hybridized carbons (Fsp3) is 0.286. The second-order valence-electron chi connectivity index (χ2n) is 8.59. The van der Waals surface area contributed by atoms with Gasteiger partial charge < -0.3 is 9.47 Å². The largest absolute Gasteiger partial charge is 0.497 e. The van der Waals surface area contributed by atoms with Gasteiger partial charge in [0, 0.05) is 24.6 Å². The first-order chi connectivity index (χ1) is 16.5. The Hall–Kier alpha value is -3.64. The van der Waals surface area contributed by atoms with E-state index in [1.807, 2.05) is 60.5 Å². The first-order valence-electron chi connectivity index (χ1n) is 11.4. The van der Waals surface area contributed by atoms with E-state index in [1.54, 1.807) is 19.2 Å². The van der Waals surface area contributed by atoms with Gasteiger partial charge in [-0.3, -0.25) is 9.69 Å². The van der Waals surface area contributed by atoms with Crippen molar-refractivity contribution < 1.29 is 14.3 Å². The summed E-state index contributed by atoms with van der Waals surface area (Å²) in [6, 6.07) is 23.9. The molecule has 0 saturated carbocycles. The number of carbonyl (C=O) groups is 1. The molecule has 0 N–H and O–H groups in total. The Balaban J connectivity index is 1.63. The molecule has 0 aromatic heterocycles. The predicted octanol–water partition coefficient (Wildman–Crippen LogP) is 4.82. The fourth-order valence-electron chi connectivity index (χ4n) is 4.40. The maximum atomic E-state index is 13.5. The van der Waals surface area contributed by atoms with Crippen molar-refractivity contribution in [3.05, 3.63) is 95.1 Å². The summed E-state index contributed by atoms with van der Waals surface area (Å²) in [6.45, 7) is 3.04. The molecular formula is C28H31N3O3. The maximum Gasteiger partial charge on any atom is 0.257 e. The fourth-order valence-corrected chi connectivity index (χ4v) is 4.40. The molecule has 34 heavy (non-hydrogen) atoms. The Labute approximate surface area is 201 Å². The van der Waals surface area contributed by atoms with Gasteiger partial charge in [0.2, 0.25) is 0 Å². The average Bonchev–Trinajstić information content (AvgIpc) is 3.29. The van der Waals surface area contributed by atoms with Crippen LogP contribution in [0.4, 0.5) is 0 Å². The minimum absolute atomic E-state index is 0.0332. The van der Waals surface area contributed by atoms with Crippen molar-refractivity contribution in [3.8, 4) is 11.5 Å². The van der Waals surface area contributed by atoms with E-state index in [0.717, 1.165) is 22.4 Å². The summed E-state index contributed by atoms with van der Waals surface area (Å²) in [5, 5.41) is 6.49. The maximum absolute atomic E-state index is 13.5. The quantitative estimate of drug-likeness (QED) is 0.487. The van der Waals surface area contributed by atoms with E-state index in [9.17, 15) is 4.79 Å². The molecule has 0 saturated heterocycles. The van der Waals surface area contributed by atoms with Crippen molar-refractivity contribution in [2.45, 2.75) is 25.9 Å². The van der Waals surface area contributed by atoms with E-state index in [0.29, 0.717) is 24.5 Å². The van der Waals surface area contributed by atoms with Crippen molar-refractivity contribution in [3.63, 3.8) is 0 Å². The molecule has 3 aromatic rings. The molecule has 0 bridgehead atoms. The molecule has 1 aliphatic heterocycles. The molecule has 0 radical (unpaired) electrons. The van der Waals surface area contributed by atoms with Gasteiger partial charge in [0.1, 0.15) is 11.5 Å². The molecule has 6 heteroatoms. The van der Waals surface area contributed by atoms with E-state index in [1.165, 1.54) is 5.56 Å². The van der Waals surface area contributed by atoms with E-state index < -0.39 is 0 Å². The van der Waals surface area contributed by atoms with Crippen LogP contribution in [0.2, 0.25) is 0 Å². The summed E-state index contributed by atoms with van der Waals surface area (Å²) in [4.78, 5) is 15.5. The molecule has 0 fully saturated rings. The Kier molecular flexibility index (Phi) is 7.28. The van der Waals surface area contributed by atoms with E-state index in [4.69, 9.17) is 14.6 Å². The summed E-state index contributed by atoms with van der Waals surface area (Å²) in [7, 11) is 5.22. The van der Waals surface area contributed by atoms with Gasteiger partial charge in [-0.2, -0.15) is 5.10 Å². The first-order valence-corrected chi connectivity index (χ1v) is 11.4. The molecule has 6 nitrogen and oxygen atoms in total. The highest BCUT2D eigenvalue weighted by molar-refractivity contribution is 6.05. The smallest absolute Gasteiger partial charge is 0.257 e. The zero-order valence-electron chi connectivity index (χ0n) is 20.2. The Morgan fingerprint density at radius 1 is 1.03 bits per heavy atom. The monoisotopic (exact) mass is 457 g/mol. The van der Waals surface area contributed by atoms with Gasteiger partial charge in [-0.1, -0.05) is 54.6 Å². The number of ether oxygens (including phenoxy) is 2. The Morgan fingerprint density at radius 3 is 2.47 bits per heavy atom. The van der Waals surface area contributed by atoms with Crippen LogP contribution in [0.5, 0.6) is 11.5 Å². The SMILES string of the molecule is COc1ccc(C2=NN(C(=O)CN(C)Cc3ccccc3)C(c3ccccc3C)C2)c(OC)c1. The van der Waals surface area contributed by atoms with Crippen LogP contribution >= 0.6 is 0 Å². The summed E-state index contributed by atoms with van der Waals surface area (Å²) in [6.07, 6.45) is 0.613. The van der Waals surface area contributed by atoms with Crippen LogP contribution in [0.3, 0.4) is 0 Å². The van der Waals surface area contributed by atoms with Gasteiger partial charge in [0.25, 0.3) is 5.91 Å². The van der Waals surface area contributed by atoms with Gasteiger partial charge >= 0.3 is 0 Å². The third-order valence-corrected chi connectivity index (χ3v) is 6.13. The summed E-state index contributed by atoms with van der Waals surface area (Å²) >= 11 is 0. The highest BCUT2D eigenvalue weighted by Gasteiger charge is 2.35. The Bertz CT molecular complexity index is 1180. The number of methoxy groups -OCH3 is 2. The van der Waals surface area contributed by atoms with Gasteiger partial charge in [0.15, 0.2) is 0 Å². The summed E-state index contributed by atoms with van der Waals surface area (Å²) in [5.41, 5.74) is 5.11. The molecule has 1 heterocycles. The lowest BCUT2D eigenvalue weighted by Gasteiger charge is -2.25. The van der Waals surface area contributed by atoms with E-state index in [2.05, 4.69) is 31.2 Å². The third-order valence-electron chi connectivity index (χ3n) is 6.13. The van der Waals surface area contributed by atoms with Crippen molar-refractivity contribution in [2.24, 2.45) is 5.10 Å². The molecule has 1 unspecified atom stereocenters. The topological polar surface area (TPSA) is 54.4 Å². The molecule has 4 rings (SSSR count). The number of nitrogens with zero attached hydrogens (tertiary/aromatic N) is 3. The van der Waals surface area contributed by atoms with Crippen molar-refractivity contribution in [1.82, 2.24) is 9.91 Å². The number of carbonyl (C=O) groups excluding carboxylic acids is 1. The second-order valence-corrected chi connectivity index (χ2v) is 8.59. The molecule has 1 atom stereocenters. The number of likely N-dealkylation sites (N-methyl/N-ethyl adjacent to an activating group) is 1. The number of rotatable bonds is 8. The minimum Gasteiger partial charge on any atom is -0.497 e. The lowest BCUT2D eigenvalue weighted by molar-refractivity contribution is -0.134. The van der Waals surface area contributed by atoms with Crippen LogP contribution in [0.1, 0.15) is 34.7 Å². The van der Waals surface area contributed by atoms with Crippen LogP contribution in [0, 0.1) is 6.92 Å². The molecule has 3 aromatic carbocycles. The predicted molar refractivity (Wildman–Crippen MR) is 134 cm³/mol. The van der Waals surface area contributed by atoms with E-state index >= 15 is 0 Å². The van der Waals surface area contributed by atoms with Crippen LogP contribution in [-0.2, 0) is 11.3 Å². The number of hydrazone groups is 1. The van der Waals surface area contributed by atoms with Crippen molar-refractivity contribution in [2.75, 3.05) is 27.8 Å². The summed E-state index contributed by atoms with van der Waals surface area (Å²) < 4.78 is 11.0. The van der Waals surface area contributed by atoms with Gasteiger partial charge in [-0.05, 0) is 42.8 Å². The zero-order valence-corrected chi connectivity index (χ0v) is 20.2. The lowest BCUT2D eigenvalue weighted by atomic mass is 9.95. The number of hydrogen-bond donors (Lipinski definition) is 0. The van der Waals surface area contributed by atoms with Crippen LogP contribution in [0.25, 0.3) is 0 Å². The summed E-state index contributed by atoms with van der Waals surface area (Å²) in [5.74, 6) is 1.36. The second kappa shape index (κ2) is 10.5. The normalized spacial score (nSPS) is 15.4. The first kappa shape index (κ1) is 23.5. The van der Waals surface area contributed by atoms with Gasteiger partial charge in [-0.15, -0.1) is 0 Å². The molecule has 1 amide bonds.